The van der Waals surface area contributed by atoms with Crippen molar-refractivity contribution in [1.29, 1.82) is 0 Å². The van der Waals surface area contributed by atoms with Crippen molar-refractivity contribution in [1.82, 2.24) is 20.2 Å². The van der Waals surface area contributed by atoms with E-state index in [0.29, 0.717) is 24.5 Å². The smallest absolute Gasteiger partial charge is 0.163 e. The summed E-state index contributed by atoms with van der Waals surface area (Å²) in [5, 5.41) is 11.0. The van der Waals surface area contributed by atoms with Crippen LogP contribution in [0.15, 0.2) is 54.9 Å². The first-order valence-corrected chi connectivity index (χ1v) is 7.43. The zero-order valence-electron chi connectivity index (χ0n) is 13.1. The number of hydrogen-bond donors (Lipinski definition) is 0. The number of benzene rings is 2. The van der Waals surface area contributed by atoms with Gasteiger partial charge in [-0.25, -0.2) is 4.68 Å². The molecule has 0 saturated heterocycles. The van der Waals surface area contributed by atoms with Crippen LogP contribution in [0.5, 0.6) is 11.5 Å². The molecule has 0 aliphatic rings. The molecule has 2 aromatic carbocycles. The Hall–Kier alpha value is -3.22. The molecule has 0 bridgehead atoms. The summed E-state index contributed by atoms with van der Waals surface area (Å²) in [5.41, 5.74) is 1.42. The van der Waals surface area contributed by atoms with E-state index in [9.17, 15) is 4.79 Å². The molecule has 0 aliphatic carbocycles. The van der Waals surface area contributed by atoms with E-state index in [0.717, 1.165) is 11.4 Å². The summed E-state index contributed by atoms with van der Waals surface area (Å²) >= 11 is 0. The van der Waals surface area contributed by atoms with E-state index in [1.807, 2.05) is 36.4 Å². The Morgan fingerprint density at radius 3 is 2.50 bits per heavy atom. The van der Waals surface area contributed by atoms with Gasteiger partial charge in [0.1, 0.15) is 31.0 Å². The number of carbonyl (C=O) groups is 1. The Morgan fingerprint density at radius 1 is 1.04 bits per heavy atom. The number of Topliss-reactive ketones (excluding diaryl/α,β-unsaturated/α-hetero) is 1. The van der Waals surface area contributed by atoms with Gasteiger partial charge in [-0.1, -0.05) is 12.1 Å². The van der Waals surface area contributed by atoms with Crippen LogP contribution in [0.2, 0.25) is 0 Å². The predicted molar refractivity (Wildman–Crippen MR) is 86.6 cm³/mol. The van der Waals surface area contributed by atoms with Crippen molar-refractivity contribution in [3.05, 3.63) is 60.4 Å². The molecule has 0 spiro atoms. The molecule has 122 valence electrons. The van der Waals surface area contributed by atoms with Crippen molar-refractivity contribution >= 4 is 5.78 Å². The van der Waals surface area contributed by atoms with Gasteiger partial charge in [-0.3, -0.25) is 4.79 Å². The highest BCUT2D eigenvalue weighted by Gasteiger charge is 2.07. The average Bonchev–Trinajstić information content (AvgIpc) is 3.14. The fraction of sp³-hybridized carbons (Fsp3) is 0.176. The molecule has 0 N–H and O–H groups in total. The second-order valence-corrected chi connectivity index (χ2v) is 5.00. The summed E-state index contributed by atoms with van der Waals surface area (Å²) in [6.45, 7) is 2.24. The van der Waals surface area contributed by atoms with Gasteiger partial charge in [0, 0.05) is 0 Å². The third kappa shape index (κ3) is 3.75. The van der Waals surface area contributed by atoms with E-state index in [1.54, 1.807) is 16.8 Å². The van der Waals surface area contributed by atoms with Crippen LogP contribution in [0.1, 0.15) is 17.3 Å². The molecule has 3 rings (SSSR count). The fourth-order valence-corrected chi connectivity index (χ4v) is 2.17. The normalized spacial score (nSPS) is 10.4. The summed E-state index contributed by atoms with van der Waals surface area (Å²) in [6, 6.07) is 14.6. The molecule has 7 nitrogen and oxygen atoms in total. The van der Waals surface area contributed by atoms with E-state index in [2.05, 4.69) is 15.5 Å². The van der Waals surface area contributed by atoms with Gasteiger partial charge in [0.2, 0.25) is 0 Å². The van der Waals surface area contributed by atoms with Crippen molar-refractivity contribution in [2.75, 3.05) is 13.2 Å². The number of para-hydroxylation sites is 1. The Balaban J connectivity index is 1.51. The molecule has 1 aromatic heterocycles. The Morgan fingerprint density at radius 2 is 1.79 bits per heavy atom. The zero-order valence-corrected chi connectivity index (χ0v) is 13.1. The summed E-state index contributed by atoms with van der Waals surface area (Å²) in [7, 11) is 0. The van der Waals surface area contributed by atoms with Crippen LogP contribution >= 0.6 is 0 Å². The SMILES string of the molecule is CC(=O)c1ccccc1OCCOc1ccc(-n2cnnn2)cc1. The van der Waals surface area contributed by atoms with Gasteiger partial charge in [-0.05, 0) is 53.7 Å². The first kappa shape index (κ1) is 15.7. The third-order valence-corrected chi connectivity index (χ3v) is 3.33. The maximum Gasteiger partial charge on any atom is 0.163 e. The summed E-state index contributed by atoms with van der Waals surface area (Å²) in [5.74, 6) is 1.27. The van der Waals surface area contributed by atoms with Crippen molar-refractivity contribution in [3.8, 4) is 17.2 Å². The minimum absolute atomic E-state index is 0.0234. The second-order valence-electron chi connectivity index (χ2n) is 5.00. The van der Waals surface area contributed by atoms with E-state index in [-0.39, 0.29) is 5.78 Å². The highest BCUT2D eigenvalue weighted by atomic mass is 16.5. The Bertz CT molecular complexity index is 801. The fourth-order valence-electron chi connectivity index (χ4n) is 2.17. The molecule has 3 aromatic rings. The molecule has 7 heteroatoms. The molecule has 0 atom stereocenters. The van der Waals surface area contributed by atoms with Crippen LogP contribution in [0.25, 0.3) is 5.69 Å². The number of carbonyl (C=O) groups excluding carboxylic acids is 1. The van der Waals surface area contributed by atoms with Crippen LogP contribution in [0, 0.1) is 0 Å². The number of hydrogen-bond acceptors (Lipinski definition) is 6. The van der Waals surface area contributed by atoms with Crippen LogP contribution in [0.3, 0.4) is 0 Å². The molecule has 0 amide bonds. The van der Waals surface area contributed by atoms with E-state index < -0.39 is 0 Å². The van der Waals surface area contributed by atoms with E-state index >= 15 is 0 Å². The van der Waals surface area contributed by atoms with Gasteiger partial charge in [0.05, 0.1) is 11.3 Å². The molecule has 0 saturated carbocycles. The lowest BCUT2D eigenvalue weighted by atomic mass is 10.1. The molecule has 0 fully saturated rings. The average molecular weight is 324 g/mol. The van der Waals surface area contributed by atoms with E-state index in [1.165, 1.54) is 13.3 Å². The molecule has 0 aliphatic heterocycles. The zero-order chi connectivity index (χ0) is 16.8. The van der Waals surface area contributed by atoms with Crippen molar-refractivity contribution in [2.45, 2.75) is 6.92 Å². The topological polar surface area (TPSA) is 79.1 Å². The lowest BCUT2D eigenvalue weighted by Crippen LogP contribution is -2.10. The number of ether oxygens (including phenoxy) is 2. The second kappa shape index (κ2) is 7.36. The maximum atomic E-state index is 11.5. The van der Waals surface area contributed by atoms with Crippen molar-refractivity contribution < 1.29 is 14.3 Å². The van der Waals surface area contributed by atoms with Crippen LogP contribution in [-0.4, -0.2) is 39.2 Å². The standard InChI is InChI=1S/C17H16N4O3/c1-13(22)16-4-2-3-5-17(16)24-11-10-23-15-8-6-14(7-9-15)21-12-18-19-20-21/h2-9,12H,10-11H2,1H3. The predicted octanol–water partition coefficient (Wildman–Crippen LogP) is 2.32. The van der Waals surface area contributed by atoms with Gasteiger partial charge in [0.25, 0.3) is 0 Å². The third-order valence-electron chi connectivity index (χ3n) is 3.33. The summed E-state index contributed by atoms with van der Waals surface area (Å²) in [4.78, 5) is 11.5. The monoisotopic (exact) mass is 324 g/mol. The van der Waals surface area contributed by atoms with Gasteiger partial charge in [0.15, 0.2) is 5.78 Å². The Labute approximate surface area is 138 Å². The summed E-state index contributed by atoms with van der Waals surface area (Å²) < 4.78 is 12.8. The summed E-state index contributed by atoms with van der Waals surface area (Å²) in [6.07, 6.45) is 1.52. The van der Waals surface area contributed by atoms with Gasteiger partial charge >= 0.3 is 0 Å². The quantitative estimate of drug-likeness (QED) is 0.490. The molecule has 24 heavy (non-hydrogen) atoms. The number of ketones is 1. The van der Waals surface area contributed by atoms with Gasteiger partial charge in [-0.15, -0.1) is 5.10 Å². The lowest BCUT2D eigenvalue weighted by molar-refractivity contribution is 0.101. The number of rotatable bonds is 7. The van der Waals surface area contributed by atoms with E-state index in [4.69, 9.17) is 9.47 Å². The molecule has 0 unspecified atom stereocenters. The van der Waals surface area contributed by atoms with Crippen LogP contribution in [0.4, 0.5) is 0 Å². The first-order valence-electron chi connectivity index (χ1n) is 7.43. The van der Waals surface area contributed by atoms with Crippen molar-refractivity contribution in [2.24, 2.45) is 0 Å². The first-order chi connectivity index (χ1) is 11.7. The highest BCUT2D eigenvalue weighted by Crippen LogP contribution is 2.18. The molecule has 1 heterocycles. The maximum absolute atomic E-state index is 11.5. The number of nitrogens with zero attached hydrogens (tertiary/aromatic N) is 4. The van der Waals surface area contributed by atoms with Gasteiger partial charge in [-0.2, -0.15) is 0 Å². The van der Waals surface area contributed by atoms with Crippen molar-refractivity contribution in [3.63, 3.8) is 0 Å². The minimum Gasteiger partial charge on any atom is -0.490 e. The van der Waals surface area contributed by atoms with Gasteiger partial charge < -0.3 is 9.47 Å². The molecular weight excluding hydrogens is 308 g/mol. The highest BCUT2D eigenvalue weighted by molar-refractivity contribution is 5.96. The number of tetrazole rings is 1. The molecule has 0 radical (unpaired) electrons. The van der Waals surface area contributed by atoms with Crippen LogP contribution in [-0.2, 0) is 0 Å². The van der Waals surface area contributed by atoms with Crippen LogP contribution < -0.4 is 9.47 Å². The lowest BCUT2D eigenvalue weighted by Gasteiger charge is -2.11. The molecular formula is C17H16N4O3. The Kier molecular flexibility index (Phi) is 4.81. The minimum atomic E-state index is -0.0234. The number of aromatic nitrogens is 4. The largest absolute Gasteiger partial charge is 0.490 e.